The second-order valence-corrected chi connectivity index (χ2v) is 5.60. The third-order valence-electron chi connectivity index (χ3n) is 3.75. The number of nitrogens with two attached hydrogens (primary N) is 1. The Morgan fingerprint density at radius 2 is 2.09 bits per heavy atom. The van der Waals surface area contributed by atoms with Gasteiger partial charge in [0.1, 0.15) is 0 Å². The summed E-state index contributed by atoms with van der Waals surface area (Å²) in [5.41, 5.74) is 4.54. The fraction of sp³-hybridized carbons (Fsp3) is 0.467. The van der Waals surface area contributed by atoms with E-state index in [4.69, 9.17) is 5.73 Å². The Morgan fingerprint density at radius 1 is 1.35 bits per heavy atom. The van der Waals surface area contributed by atoms with Crippen LogP contribution in [-0.4, -0.2) is 36.3 Å². The van der Waals surface area contributed by atoms with Gasteiger partial charge in [0, 0.05) is 12.2 Å². The fourth-order valence-corrected chi connectivity index (χ4v) is 2.61. The average Bonchev–Trinajstić information content (AvgIpc) is 2.46. The second-order valence-electron chi connectivity index (χ2n) is 5.60. The number of nitrogens with zero attached hydrogens (tertiary/aromatic N) is 1. The van der Waals surface area contributed by atoms with Crippen LogP contribution in [0.1, 0.15) is 18.4 Å². The Morgan fingerprint density at radius 3 is 2.74 bits per heavy atom. The number of hydrogen-bond donors (Lipinski definition) is 2. The maximum absolute atomic E-state index is 12.6. The Labute approximate surface area is 131 Å². The van der Waals surface area contributed by atoms with Crippen molar-refractivity contribution < 1.29 is 22.8 Å². The minimum absolute atomic E-state index is 0.0139. The lowest BCUT2D eigenvalue weighted by Crippen LogP contribution is -2.44. The van der Waals surface area contributed by atoms with E-state index in [0.717, 1.165) is 18.6 Å². The van der Waals surface area contributed by atoms with Crippen LogP contribution in [0.25, 0.3) is 0 Å². The van der Waals surface area contributed by atoms with Gasteiger partial charge in [0.15, 0.2) is 0 Å². The first-order valence-corrected chi connectivity index (χ1v) is 7.24. The summed E-state index contributed by atoms with van der Waals surface area (Å²) >= 11 is 0. The van der Waals surface area contributed by atoms with Gasteiger partial charge >= 0.3 is 6.18 Å². The zero-order valence-electron chi connectivity index (χ0n) is 12.4. The van der Waals surface area contributed by atoms with Gasteiger partial charge in [0.05, 0.1) is 18.0 Å². The van der Waals surface area contributed by atoms with E-state index in [-0.39, 0.29) is 18.2 Å². The molecule has 1 fully saturated rings. The topological polar surface area (TPSA) is 75.4 Å². The largest absolute Gasteiger partial charge is 0.416 e. The molecule has 0 saturated carbocycles. The lowest BCUT2D eigenvalue weighted by Gasteiger charge is -2.30. The average molecular weight is 329 g/mol. The van der Waals surface area contributed by atoms with Crippen LogP contribution in [0.5, 0.6) is 0 Å². The van der Waals surface area contributed by atoms with E-state index < -0.39 is 23.6 Å². The van der Waals surface area contributed by atoms with Crippen molar-refractivity contribution >= 4 is 17.5 Å². The molecule has 1 aliphatic heterocycles. The molecular weight excluding hydrogens is 311 g/mol. The summed E-state index contributed by atoms with van der Waals surface area (Å²) in [4.78, 5) is 24.9. The van der Waals surface area contributed by atoms with Gasteiger partial charge in [-0.3, -0.25) is 14.5 Å². The smallest absolute Gasteiger partial charge is 0.369 e. The molecule has 1 aromatic carbocycles. The van der Waals surface area contributed by atoms with E-state index >= 15 is 0 Å². The number of anilines is 1. The highest BCUT2D eigenvalue weighted by molar-refractivity contribution is 5.92. The minimum atomic E-state index is -4.46. The Hall–Kier alpha value is -2.09. The van der Waals surface area contributed by atoms with Crippen molar-refractivity contribution in [3.8, 4) is 0 Å². The number of rotatable bonds is 4. The normalized spacial score (nSPS) is 19.3. The van der Waals surface area contributed by atoms with Crippen LogP contribution in [-0.2, 0) is 15.8 Å². The van der Waals surface area contributed by atoms with Crippen LogP contribution < -0.4 is 11.1 Å². The van der Waals surface area contributed by atoms with Crippen LogP contribution in [0.15, 0.2) is 24.3 Å². The number of benzene rings is 1. The standard InChI is InChI=1S/C15H18F3N3O2/c16-15(17,18)11-4-1-5-12(7-11)20-13(22)9-21-6-2-3-10(8-21)14(19)23/h1,4-5,7,10H,2-3,6,8-9H2,(H2,19,23)(H,20,22)/t10-/m0/s1. The molecule has 0 aromatic heterocycles. The van der Waals surface area contributed by atoms with Gasteiger partial charge in [0.25, 0.3) is 0 Å². The molecule has 1 atom stereocenters. The molecule has 3 N–H and O–H groups in total. The highest BCUT2D eigenvalue weighted by Gasteiger charge is 2.30. The molecule has 1 aliphatic rings. The fourth-order valence-electron chi connectivity index (χ4n) is 2.61. The van der Waals surface area contributed by atoms with Crippen molar-refractivity contribution in [2.75, 3.05) is 25.0 Å². The molecule has 0 bridgehead atoms. The summed E-state index contributed by atoms with van der Waals surface area (Å²) in [6, 6.07) is 4.47. The SMILES string of the molecule is NC(=O)[C@H]1CCCN(CC(=O)Nc2cccc(C(F)(F)F)c2)C1. The number of primary amides is 1. The second kappa shape index (κ2) is 6.99. The van der Waals surface area contributed by atoms with Gasteiger partial charge in [-0.25, -0.2) is 0 Å². The van der Waals surface area contributed by atoms with Gasteiger partial charge < -0.3 is 11.1 Å². The number of amides is 2. The highest BCUT2D eigenvalue weighted by Crippen LogP contribution is 2.30. The lowest BCUT2D eigenvalue weighted by atomic mass is 9.97. The molecular formula is C15H18F3N3O2. The number of hydrogen-bond acceptors (Lipinski definition) is 3. The summed E-state index contributed by atoms with van der Waals surface area (Å²) in [7, 11) is 0. The van der Waals surface area contributed by atoms with Crippen molar-refractivity contribution in [1.82, 2.24) is 4.90 Å². The Balaban J connectivity index is 1.93. The Kier molecular flexibility index (Phi) is 5.25. The number of alkyl halides is 3. The Bertz CT molecular complexity index is 590. The van der Waals surface area contributed by atoms with Crippen LogP contribution in [0.2, 0.25) is 0 Å². The quantitative estimate of drug-likeness (QED) is 0.885. The molecule has 126 valence electrons. The summed E-state index contributed by atoms with van der Waals surface area (Å²) in [5.74, 6) is -1.10. The van der Waals surface area contributed by atoms with Gasteiger partial charge in [0.2, 0.25) is 11.8 Å². The molecule has 0 radical (unpaired) electrons. The van der Waals surface area contributed by atoms with Gasteiger partial charge in [-0.1, -0.05) is 6.07 Å². The van der Waals surface area contributed by atoms with Crippen molar-refractivity contribution in [1.29, 1.82) is 0 Å². The number of carbonyl (C=O) groups excluding carboxylic acids is 2. The van der Waals surface area contributed by atoms with Crippen LogP contribution in [0.3, 0.4) is 0 Å². The first-order chi connectivity index (χ1) is 10.8. The molecule has 1 aromatic rings. The zero-order chi connectivity index (χ0) is 17.0. The number of nitrogens with one attached hydrogen (secondary N) is 1. The van der Waals surface area contributed by atoms with E-state index in [1.165, 1.54) is 12.1 Å². The number of carbonyl (C=O) groups is 2. The zero-order valence-corrected chi connectivity index (χ0v) is 12.4. The van der Waals surface area contributed by atoms with E-state index in [1.807, 2.05) is 0 Å². The molecule has 0 spiro atoms. The number of piperidine rings is 1. The molecule has 1 saturated heterocycles. The van der Waals surface area contributed by atoms with Crippen molar-refractivity contribution in [3.05, 3.63) is 29.8 Å². The molecule has 8 heteroatoms. The molecule has 0 aliphatic carbocycles. The van der Waals surface area contributed by atoms with E-state index in [1.54, 1.807) is 4.90 Å². The van der Waals surface area contributed by atoms with Crippen LogP contribution in [0.4, 0.5) is 18.9 Å². The lowest BCUT2D eigenvalue weighted by molar-refractivity contribution is -0.137. The molecule has 23 heavy (non-hydrogen) atoms. The van der Waals surface area contributed by atoms with Crippen LogP contribution >= 0.6 is 0 Å². The number of likely N-dealkylation sites (tertiary alicyclic amines) is 1. The molecule has 2 rings (SSSR count). The third kappa shape index (κ3) is 4.95. The first kappa shape index (κ1) is 17.3. The van der Waals surface area contributed by atoms with Gasteiger partial charge in [-0.15, -0.1) is 0 Å². The summed E-state index contributed by atoms with van der Waals surface area (Å²) in [6.07, 6.45) is -3.01. The van der Waals surface area contributed by atoms with Gasteiger partial charge in [-0.05, 0) is 37.6 Å². The van der Waals surface area contributed by atoms with Crippen molar-refractivity contribution in [2.24, 2.45) is 11.7 Å². The molecule has 1 heterocycles. The maximum atomic E-state index is 12.6. The molecule has 5 nitrogen and oxygen atoms in total. The predicted molar refractivity (Wildman–Crippen MR) is 78.4 cm³/mol. The maximum Gasteiger partial charge on any atom is 0.416 e. The minimum Gasteiger partial charge on any atom is -0.369 e. The van der Waals surface area contributed by atoms with Crippen molar-refractivity contribution in [3.63, 3.8) is 0 Å². The summed E-state index contributed by atoms with van der Waals surface area (Å²) in [5, 5.41) is 2.45. The third-order valence-corrected chi connectivity index (χ3v) is 3.75. The van der Waals surface area contributed by atoms with E-state index in [0.29, 0.717) is 19.5 Å². The monoisotopic (exact) mass is 329 g/mol. The van der Waals surface area contributed by atoms with Crippen LogP contribution in [0, 0.1) is 5.92 Å². The van der Waals surface area contributed by atoms with Crippen molar-refractivity contribution in [2.45, 2.75) is 19.0 Å². The van der Waals surface area contributed by atoms with Gasteiger partial charge in [-0.2, -0.15) is 13.2 Å². The number of halogens is 3. The highest BCUT2D eigenvalue weighted by atomic mass is 19.4. The predicted octanol–water partition coefficient (Wildman–Crippen LogP) is 1.84. The van der Waals surface area contributed by atoms with E-state index in [2.05, 4.69) is 5.32 Å². The molecule has 0 unspecified atom stereocenters. The first-order valence-electron chi connectivity index (χ1n) is 7.24. The molecule has 2 amide bonds. The van der Waals surface area contributed by atoms with E-state index in [9.17, 15) is 22.8 Å². The summed E-state index contributed by atoms with van der Waals surface area (Å²) < 4.78 is 37.9. The summed E-state index contributed by atoms with van der Waals surface area (Å²) in [6.45, 7) is 1.06.